The second-order valence-corrected chi connectivity index (χ2v) is 3.95. The molecule has 16 heavy (non-hydrogen) atoms. The van der Waals surface area contributed by atoms with Gasteiger partial charge in [-0.25, -0.2) is 4.39 Å². The SMILES string of the molecule is Cn1ccc(C(CN)c2ccc(F)cc2)c1. The molecule has 0 saturated carbocycles. The van der Waals surface area contributed by atoms with E-state index in [0.717, 1.165) is 11.1 Å². The normalized spacial score (nSPS) is 12.7. The van der Waals surface area contributed by atoms with Gasteiger partial charge < -0.3 is 10.3 Å². The summed E-state index contributed by atoms with van der Waals surface area (Å²) in [5.41, 5.74) is 8.00. The second-order valence-electron chi connectivity index (χ2n) is 3.95. The number of halogens is 1. The molecule has 0 saturated heterocycles. The van der Waals surface area contributed by atoms with Gasteiger partial charge in [0.2, 0.25) is 0 Å². The van der Waals surface area contributed by atoms with Crippen LogP contribution in [0.5, 0.6) is 0 Å². The second kappa shape index (κ2) is 4.49. The number of nitrogens with two attached hydrogens (primary N) is 1. The smallest absolute Gasteiger partial charge is 0.123 e. The van der Waals surface area contributed by atoms with E-state index in [1.807, 2.05) is 30.1 Å². The molecule has 2 rings (SSSR count). The van der Waals surface area contributed by atoms with Crippen LogP contribution in [0.1, 0.15) is 17.0 Å². The first-order valence-electron chi connectivity index (χ1n) is 5.28. The highest BCUT2D eigenvalue weighted by atomic mass is 19.1. The molecule has 0 fully saturated rings. The molecule has 0 aliphatic heterocycles. The lowest BCUT2D eigenvalue weighted by Crippen LogP contribution is -2.13. The molecule has 3 heteroatoms. The summed E-state index contributed by atoms with van der Waals surface area (Å²) >= 11 is 0. The van der Waals surface area contributed by atoms with Gasteiger partial charge in [-0.15, -0.1) is 0 Å². The first-order chi connectivity index (χ1) is 7.70. The van der Waals surface area contributed by atoms with E-state index in [4.69, 9.17) is 5.73 Å². The van der Waals surface area contributed by atoms with Crippen molar-refractivity contribution in [1.29, 1.82) is 0 Å². The molecule has 84 valence electrons. The molecule has 1 atom stereocenters. The van der Waals surface area contributed by atoms with E-state index < -0.39 is 0 Å². The molecule has 0 amide bonds. The van der Waals surface area contributed by atoms with Crippen molar-refractivity contribution in [3.05, 3.63) is 59.7 Å². The topological polar surface area (TPSA) is 30.9 Å². The predicted octanol–water partition coefficient (Wildman–Crippen LogP) is 2.25. The van der Waals surface area contributed by atoms with Crippen molar-refractivity contribution in [2.45, 2.75) is 5.92 Å². The van der Waals surface area contributed by atoms with Gasteiger partial charge in [-0.3, -0.25) is 0 Å². The molecule has 1 heterocycles. The minimum Gasteiger partial charge on any atom is -0.357 e. The fourth-order valence-corrected chi connectivity index (χ4v) is 1.89. The Hall–Kier alpha value is -1.61. The van der Waals surface area contributed by atoms with Gasteiger partial charge in [-0.1, -0.05) is 12.1 Å². The summed E-state index contributed by atoms with van der Waals surface area (Å²) in [7, 11) is 1.97. The average Bonchev–Trinajstić information content (AvgIpc) is 2.69. The maximum atomic E-state index is 12.8. The zero-order valence-corrected chi connectivity index (χ0v) is 9.23. The maximum Gasteiger partial charge on any atom is 0.123 e. The zero-order valence-electron chi connectivity index (χ0n) is 9.23. The Kier molecular flexibility index (Phi) is 3.06. The van der Waals surface area contributed by atoms with Crippen LogP contribution in [0.15, 0.2) is 42.7 Å². The van der Waals surface area contributed by atoms with Crippen LogP contribution in [0, 0.1) is 5.82 Å². The number of aryl methyl sites for hydroxylation is 1. The molecule has 1 unspecified atom stereocenters. The highest BCUT2D eigenvalue weighted by molar-refractivity contribution is 5.31. The molecule has 0 aliphatic rings. The number of rotatable bonds is 3. The summed E-state index contributed by atoms with van der Waals surface area (Å²) in [5.74, 6) is -0.0746. The fraction of sp³-hybridized carbons (Fsp3) is 0.231. The highest BCUT2D eigenvalue weighted by Crippen LogP contribution is 2.23. The first-order valence-corrected chi connectivity index (χ1v) is 5.28. The molecule has 2 aromatic rings. The molecular formula is C13H15FN2. The molecule has 0 bridgehead atoms. The van der Waals surface area contributed by atoms with E-state index in [-0.39, 0.29) is 11.7 Å². The third-order valence-corrected chi connectivity index (χ3v) is 2.77. The standard InChI is InChI=1S/C13H15FN2/c1-16-7-6-11(9-16)13(8-15)10-2-4-12(14)5-3-10/h2-7,9,13H,8,15H2,1H3. The van der Waals surface area contributed by atoms with Crippen molar-refractivity contribution >= 4 is 0 Å². The minimum atomic E-state index is -0.215. The third-order valence-electron chi connectivity index (χ3n) is 2.77. The van der Waals surface area contributed by atoms with Gasteiger partial charge in [-0.05, 0) is 29.3 Å². The van der Waals surface area contributed by atoms with Gasteiger partial charge in [-0.2, -0.15) is 0 Å². The molecular weight excluding hydrogens is 203 g/mol. The van der Waals surface area contributed by atoms with Gasteiger partial charge in [0.15, 0.2) is 0 Å². The summed E-state index contributed by atoms with van der Waals surface area (Å²) in [6.07, 6.45) is 4.03. The molecule has 1 aromatic carbocycles. The minimum absolute atomic E-state index is 0.141. The van der Waals surface area contributed by atoms with E-state index in [1.165, 1.54) is 12.1 Å². The van der Waals surface area contributed by atoms with E-state index in [0.29, 0.717) is 6.54 Å². The summed E-state index contributed by atoms with van der Waals surface area (Å²) in [4.78, 5) is 0. The summed E-state index contributed by atoms with van der Waals surface area (Å²) in [6, 6.07) is 8.57. The van der Waals surface area contributed by atoms with Gasteiger partial charge in [0.05, 0.1) is 0 Å². The molecule has 2 nitrogen and oxygen atoms in total. The molecule has 0 spiro atoms. The Morgan fingerprint density at radius 1 is 1.19 bits per heavy atom. The van der Waals surface area contributed by atoms with E-state index in [1.54, 1.807) is 12.1 Å². The van der Waals surface area contributed by atoms with Crippen LogP contribution in [-0.2, 0) is 7.05 Å². The van der Waals surface area contributed by atoms with E-state index in [9.17, 15) is 4.39 Å². The Balaban J connectivity index is 2.32. The van der Waals surface area contributed by atoms with Crippen LogP contribution < -0.4 is 5.73 Å². The van der Waals surface area contributed by atoms with Crippen molar-refractivity contribution < 1.29 is 4.39 Å². The summed E-state index contributed by atoms with van der Waals surface area (Å²) < 4.78 is 14.8. The van der Waals surface area contributed by atoms with E-state index in [2.05, 4.69) is 0 Å². The van der Waals surface area contributed by atoms with Crippen molar-refractivity contribution in [1.82, 2.24) is 4.57 Å². The first kappa shape index (κ1) is 10.9. The number of aromatic nitrogens is 1. The predicted molar refractivity (Wildman–Crippen MR) is 62.7 cm³/mol. The van der Waals surface area contributed by atoms with Crippen LogP contribution in [0.2, 0.25) is 0 Å². The fourth-order valence-electron chi connectivity index (χ4n) is 1.89. The lowest BCUT2D eigenvalue weighted by atomic mass is 9.93. The van der Waals surface area contributed by atoms with Crippen LogP contribution >= 0.6 is 0 Å². The maximum absolute atomic E-state index is 12.8. The van der Waals surface area contributed by atoms with Crippen molar-refractivity contribution in [3.8, 4) is 0 Å². The van der Waals surface area contributed by atoms with Gasteiger partial charge in [0.25, 0.3) is 0 Å². The summed E-state index contributed by atoms with van der Waals surface area (Å²) in [5, 5.41) is 0. The number of benzene rings is 1. The Bertz CT molecular complexity index is 459. The number of hydrogen-bond donors (Lipinski definition) is 1. The Morgan fingerprint density at radius 3 is 2.38 bits per heavy atom. The lowest BCUT2D eigenvalue weighted by Gasteiger charge is -2.13. The van der Waals surface area contributed by atoms with Gasteiger partial charge in [0.1, 0.15) is 5.82 Å². The van der Waals surface area contributed by atoms with Crippen molar-refractivity contribution in [2.75, 3.05) is 6.54 Å². The Morgan fingerprint density at radius 2 is 1.88 bits per heavy atom. The van der Waals surface area contributed by atoms with Crippen molar-refractivity contribution in [3.63, 3.8) is 0 Å². The van der Waals surface area contributed by atoms with Crippen LogP contribution in [0.25, 0.3) is 0 Å². The summed E-state index contributed by atoms with van der Waals surface area (Å²) in [6.45, 7) is 0.523. The quantitative estimate of drug-likeness (QED) is 0.841. The molecule has 1 aromatic heterocycles. The van der Waals surface area contributed by atoms with Crippen LogP contribution in [-0.4, -0.2) is 11.1 Å². The number of nitrogens with zero attached hydrogens (tertiary/aromatic N) is 1. The monoisotopic (exact) mass is 218 g/mol. The zero-order chi connectivity index (χ0) is 11.5. The molecule has 0 aliphatic carbocycles. The van der Waals surface area contributed by atoms with E-state index >= 15 is 0 Å². The average molecular weight is 218 g/mol. The van der Waals surface area contributed by atoms with Crippen LogP contribution in [0.3, 0.4) is 0 Å². The van der Waals surface area contributed by atoms with Crippen molar-refractivity contribution in [2.24, 2.45) is 12.8 Å². The van der Waals surface area contributed by atoms with Crippen LogP contribution in [0.4, 0.5) is 4.39 Å². The van der Waals surface area contributed by atoms with Gasteiger partial charge >= 0.3 is 0 Å². The molecule has 0 radical (unpaired) electrons. The third kappa shape index (κ3) is 2.14. The highest BCUT2D eigenvalue weighted by Gasteiger charge is 2.13. The Labute approximate surface area is 94.5 Å². The lowest BCUT2D eigenvalue weighted by molar-refractivity contribution is 0.626. The number of hydrogen-bond acceptors (Lipinski definition) is 1. The largest absolute Gasteiger partial charge is 0.357 e. The molecule has 2 N–H and O–H groups in total. The van der Waals surface area contributed by atoms with Gasteiger partial charge in [0, 0.05) is 31.9 Å².